The first kappa shape index (κ1) is 17.6. The molecule has 2 aromatic rings. The molecule has 0 aliphatic rings. The minimum atomic E-state index is -5.19. The predicted octanol–water partition coefficient (Wildman–Crippen LogP) is 3.97. The maximum absolute atomic E-state index is 13.2. The number of hydrogen-bond acceptors (Lipinski definition) is 4. The number of anilines is 2. The van der Waals surface area contributed by atoms with Gasteiger partial charge in [-0.2, -0.15) is 26.3 Å². The summed E-state index contributed by atoms with van der Waals surface area (Å²) in [6, 6.07) is 3.01. The number of phenolic OH excluding ortho intramolecular Hbond substituents is 2. The van der Waals surface area contributed by atoms with Gasteiger partial charge in [-0.15, -0.1) is 0 Å². The van der Waals surface area contributed by atoms with Crippen LogP contribution in [-0.4, -0.2) is 10.2 Å². The molecule has 0 atom stereocenters. The predicted molar refractivity (Wildman–Crippen MR) is 74.0 cm³/mol. The van der Waals surface area contributed by atoms with E-state index in [1.54, 1.807) is 0 Å². The third kappa shape index (κ3) is 2.86. The Morgan fingerprint density at radius 1 is 0.625 bits per heavy atom. The zero-order valence-electron chi connectivity index (χ0n) is 11.6. The SMILES string of the molecule is Nc1ccc(-c2ccc(N)c(O)c2C(F)(F)F)c(C(F)(F)F)c1O. The lowest BCUT2D eigenvalue weighted by Gasteiger charge is -2.20. The summed E-state index contributed by atoms with van der Waals surface area (Å²) in [6.45, 7) is 0. The number of nitrogen functional groups attached to an aromatic ring is 2. The van der Waals surface area contributed by atoms with Gasteiger partial charge in [-0.25, -0.2) is 0 Å². The molecule has 6 N–H and O–H groups in total. The molecule has 2 aromatic carbocycles. The Morgan fingerprint density at radius 2 is 0.917 bits per heavy atom. The molecule has 0 unspecified atom stereocenters. The Labute approximate surface area is 130 Å². The fourth-order valence-electron chi connectivity index (χ4n) is 2.24. The highest BCUT2D eigenvalue weighted by atomic mass is 19.4. The summed E-state index contributed by atoms with van der Waals surface area (Å²) in [7, 11) is 0. The largest absolute Gasteiger partial charge is 0.505 e. The van der Waals surface area contributed by atoms with E-state index in [9.17, 15) is 36.6 Å². The van der Waals surface area contributed by atoms with Crippen molar-refractivity contribution in [1.82, 2.24) is 0 Å². The van der Waals surface area contributed by atoms with Gasteiger partial charge in [0.15, 0.2) is 11.5 Å². The highest BCUT2D eigenvalue weighted by Gasteiger charge is 2.42. The van der Waals surface area contributed by atoms with Crippen LogP contribution in [0.1, 0.15) is 11.1 Å². The molecule has 0 bridgehead atoms. The molecule has 0 heterocycles. The maximum atomic E-state index is 13.2. The van der Waals surface area contributed by atoms with Crippen molar-refractivity contribution in [1.29, 1.82) is 0 Å². The standard InChI is InChI=1S/C14H10F6N2O2/c15-13(16,17)9-5(1-3-7(21)11(9)23)6-2-4-8(22)12(24)10(6)14(18,19)20/h1-4,23-24H,21-22H2. The van der Waals surface area contributed by atoms with E-state index in [1.165, 1.54) is 0 Å². The summed E-state index contributed by atoms with van der Waals surface area (Å²) >= 11 is 0. The van der Waals surface area contributed by atoms with Crippen molar-refractivity contribution in [2.24, 2.45) is 0 Å². The second-order valence-corrected chi connectivity index (χ2v) is 4.85. The van der Waals surface area contributed by atoms with Crippen molar-refractivity contribution in [2.75, 3.05) is 11.5 Å². The van der Waals surface area contributed by atoms with E-state index in [4.69, 9.17) is 11.5 Å². The van der Waals surface area contributed by atoms with Gasteiger partial charge >= 0.3 is 12.4 Å². The van der Waals surface area contributed by atoms with Gasteiger partial charge in [0.1, 0.15) is 11.1 Å². The minimum Gasteiger partial charge on any atom is -0.505 e. The van der Waals surface area contributed by atoms with E-state index in [1.807, 2.05) is 0 Å². The monoisotopic (exact) mass is 352 g/mol. The number of benzene rings is 2. The molecule has 0 aliphatic heterocycles. The highest BCUT2D eigenvalue weighted by Crippen LogP contribution is 2.50. The topological polar surface area (TPSA) is 92.5 Å². The van der Waals surface area contributed by atoms with Gasteiger partial charge < -0.3 is 21.7 Å². The van der Waals surface area contributed by atoms with Crippen LogP contribution in [0.15, 0.2) is 24.3 Å². The van der Waals surface area contributed by atoms with Gasteiger partial charge in [0.25, 0.3) is 0 Å². The van der Waals surface area contributed by atoms with Crippen LogP contribution >= 0.6 is 0 Å². The lowest BCUT2D eigenvalue weighted by Crippen LogP contribution is -2.13. The summed E-state index contributed by atoms with van der Waals surface area (Å²) in [4.78, 5) is 0. The Morgan fingerprint density at radius 3 is 1.17 bits per heavy atom. The van der Waals surface area contributed by atoms with Crippen LogP contribution in [0.25, 0.3) is 11.1 Å². The Balaban J connectivity index is 2.94. The van der Waals surface area contributed by atoms with Crippen molar-refractivity contribution in [3.63, 3.8) is 0 Å². The van der Waals surface area contributed by atoms with E-state index in [0.717, 1.165) is 12.1 Å². The van der Waals surface area contributed by atoms with E-state index < -0.39 is 57.5 Å². The first-order valence-electron chi connectivity index (χ1n) is 6.23. The average molecular weight is 352 g/mol. The highest BCUT2D eigenvalue weighted by molar-refractivity contribution is 5.81. The fourth-order valence-corrected chi connectivity index (χ4v) is 2.24. The zero-order valence-corrected chi connectivity index (χ0v) is 11.6. The molecule has 130 valence electrons. The lowest BCUT2D eigenvalue weighted by molar-refractivity contribution is -0.140. The summed E-state index contributed by atoms with van der Waals surface area (Å²) in [6.07, 6.45) is -10.4. The minimum absolute atomic E-state index is 0.653. The number of alkyl halides is 6. The quantitative estimate of drug-likeness (QED) is 0.355. The fraction of sp³-hybridized carbons (Fsp3) is 0.143. The van der Waals surface area contributed by atoms with Crippen molar-refractivity contribution >= 4 is 11.4 Å². The summed E-state index contributed by atoms with van der Waals surface area (Å²) < 4.78 is 79.2. The van der Waals surface area contributed by atoms with Crippen LogP contribution in [-0.2, 0) is 12.4 Å². The molecule has 0 aromatic heterocycles. The van der Waals surface area contributed by atoms with Crippen LogP contribution in [0.3, 0.4) is 0 Å². The third-order valence-corrected chi connectivity index (χ3v) is 3.28. The van der Waals surface area contributed by atoms with Gasteiger partial charge in [0.2, 0.25) is 0 Å². The van der Waals surface area contributed by atoms with Crippen LogP contribution in [0, 0.1) is 0 Å². The van der Waals surface area contributed by atoms with Crippen LogP contribution in [0.4, 0.5) is 37.7 Å². The maximum Gasteiger partial charge on any atom is 0.420 e. The van der Waals surface area contributed by atoms with Crippen molar-refractivity contribution in [3.05, 3.63) is 35.4 Å². The molecule has 24 heavy (non-hydrogen) atoms. The molecule has 0 fully saturated rings. The summed E-state index contributed by atoms with van der Waals surface area (Å²) in [5, 5.41) is 19.2. The smallest absolute Gasteiger partial charge is 0.420 e. The average Bonchev–Trinajstić information content (AvgIpc) is 2.41. The normalized spacial score (nSPS) is 12.4. The number of halogens is 6. The Bertz CT molecular complexity index is 732. The van der Waals surface area contributed by atoms with Crippen LogP contribution in [0.2, 0.25) is 0 Å². The van der Waals surface area contributed by atoms with Crippen molar-refractivity contribution in [3.8, 4) is 22.6 Å². The molecule has 0 spiro atoms. The van der Waals surface area contributed by atoms with E-state index in [2.05, 4.69) is 0 Å². The second-order valence-electron chi connectivity index (χ2n) is 4.85. The molecule has 0 saturated carbocycles. The molecule has 0 aliphatic carbocycles. The second kappa shape index (κ2) is 5.39. The van der Waals surface area contributed by atoms with Crippen LogP contribution in [0.5, 0.6) is 11.5 Å². The van der Waals surface area contributed by atoms with E-state index >= 15 is 0 Å². The molecule has 0 amide bonds. The van der Waals surface area contributed by atoms with Crippen molar-refractivity contribution < 1.29 is 36.6 Å². The number of rotatable bonds is 1. The molecular weight excluding hydrogens is 342 g/mol. The van der Waals surface area contributed by atoms with Gasteiger partial charge in [-0.3, -0.25) is 0 Å². The number of nitrogens with two attached hydrogens (primary N) is 2. The summed E-state index contributed by atoms with van der Waals surface area (Å²) in [5.74, 6) is -2.80. The molecule has 2 rings (SSSR count). The van der Waals surface area contributed by atoms with Gasteiger partial charge in [0.05, 0.1) is 11.4 Å². The molecule has 10 heteroatoms. The molecule has 4 nitrogen and oxygen atoms in total. The van der Waals surface area contributed by atoms with Gasteiger partial charge in [-0.05, 0) is 23.3 Å². The number of hydrogen-bond donors (Lipinski definition) is 4. The Hall–Kier alpha value is -2.78. The lowest BCUT2D eigenvalue weighted by atomic mass is 9.92. The Kier molecular flexibility index (Phi) is 3.95. The van der Waals surface area contributed by atoms with Crippen molar-refractivity contribution in [2.45, 2.75) is 12.4 Å². The molecule has 0 saturated heterocycles. The zero-order chi connectivity index (χ0) is 18.4. The van der Waals surface area contributed by atoms with Gasteiger partial charge in [-0.1, -0.05) is 12.1 Å². The van der Waals surface area contributed by atoms with E-state index in [-0.39, 0.29) is 0 Å². The van der Waals surface area contributed by atoms with Gasteiger partial charge in [0, 0.05) is 0 Å². The number of aromatic hydroxyl groups is 2. The van der Waals surface area contributed by atoms with Crippen LogP contribution < -0.4 is 11.5 Å². The third-order valence-electron chi connectivity index (χ3n) is 3.28. The molecular formula is C14H10F6N2O2. The van der Waals surface area contributed by atoms with E-state index in [0.29, 0.717) is 12.1 Å². The first-order chi connectivity index (χ1) is 10.9. The summed E-state index contributed by atoms with van der Waals surface area (Å²) in [5.41, 5.74) is 3.64. The number of phenols is 2. The molecule has 0 radical (unpaired) electrons. The first-order valence-corrected chi connectivity index (χ1v) is 6.23.